The summed E-state index contributed by atoms with van der Waals surface area (Å²) >= 11 is 3.81. The maximum atomic E-state index is 12.0. The third-order valence-corrected chi connectivity index (χ3v) is 1.28. The molecule has 0 atom stereocenters. The molecule has 0 radical (unpaired) electrons. The summed E-state index contributed by atoms with van der Waals surface area (Å²) in [5.74, 6) is -0.0579. The van der Waals surface area contributed by atoms with Gasteiger partial charge in [-0.3, -0.25) is 0 Å². The summed E-state index contributed by atoms with van der Waals surface area (Å²) in [5, 5.41) is 7.36. The molecule has 3 heteroatoms. The first-order chi connectivity index (χ1) is 4.79. The van der Waals surface area contributed by atoms with Crippen LogP contribution in [0.5, 0.6) is 0 Å². The molecule has 1 N–H and O–H groups in total. The molecule has 2 rings (SSSR count). The van der Waals surface area contributed by atoms with E-state index in [1.54, 1.807) is 11.2 Å². The van der Waals surface area contributed by atoms with E-state index in [-0.39, 0.29) is 5.82 Å². The van der Waals surface area contributed by atoms with Crippen LogP contribution in [0, 0.1) is 11.2 Å². The minimum Gasteiger partial charge on any atom is -0.248 e. The first kappa shape index (κ1) is 7.06. The van der Waals surface area contributed by atoms with Crippen LogP contribution >= 0.6 is 12.2 Å². The molecule has 0 saturated heterocycles. The third-order valence-electron chi connectivity index (χ3n) is 1.28. The Balaban J connectivity index is 0.000000148. The largest absolute Gasteiger partial charge is 0.248 e. The maximum absolute atomic E-state index is 12.0. The lowest BCUT2D eigenvalue weighted by molar-refractivity contribution is 0.621. The lowest BCUT2D eigenvalue weighted by Crippen LogP contribution is -1.94. The van der Waals surface area contributed by atoms with E-state index in [1.165, 1.54) is 6.07 Å². The predicted octanol–water partition coefficient (Wildman–Crippen LogP) is 2.47. The lowest BCUT2D eigenvalue weighted by Gasteiger charge is -2.13. The fourth-order valence-corrected chi connectivity index (χ4v) is 0.743. The summed E-state index contributed by atoms with van der Waals surface area (Å²) in [4.78, 5) is 0. The molecular formula is C7H4FNS. The van der Waals surface area contributed by atoms with E-state index in [0.29, 0.717) is 0 Å². The van der Waals surface area contributed by atoms with Crippen molar-refractivity contribution in [3.05, 3.63) is 24.0 Å². The Morgan fingerprint density at radius 2 is 2.10 bits per heavy atom. The van der Waals surface area contributed by atoms with Gasteiger partial charge in [0.1, 0.15) is 5.82 Å². The Labute approximate surface area is 63.0 Å². The molecule has 1 nitrogen and oxygen atoms in total. The van der Waals surface area contributed by atoms with Gasteiger partial charge in [0.2, 0.25) is 0 Å². The second-order valence-electron chi connectivity index (χ2n) is 1.80. The van der Waals surface area contributed by atoms with Gasteiger partial charge in [-0.05, 0) is 23.8 Å². The minimum atomic E-state index is -0.0579. The van der Waals surface area contributed by atoms with Crippen LogP contribution in [-0.2, 0) is 0 Å². The standard InChI is InChI=1S/C6H3F.CHNS/c7-6-3-4-1-2-5(4)6;2-1-3/h1-3H;2H. The van der Waals surface area contributed by atoms with E-state index in [9.17, 15) is 4.39 Å². The zero-order valence-electron chi connectivity index (χ0n) is 5.02. The van der Waals surface area contributed by atoms with E-state index in [1.807, 2.05) is 6.07 Å². The maximum Gasteiger partial charge on any atom is 0.131 e. The molecule has 0 spiro atoms. The normalized spacial score (nSPS) is 8.90. The van der Waals surface area contributed by atoms with Crippen LogP contribution in [0.25, 0.3) is 11.1 Å². The van der Waals surface area contributed by atoms with Crippen LogP contribution in [0.1, 0.15) is 0 Å². The van der Waals surface area contributed by atoms with Crippen molar-refractivity contribution in [2.24, 2.45) is 0 Å². The van der Waals surface area contributed by atoms with Crippen molar-refractivity contribution in [2.75, 3.05) is 0 Å². The van der Waals surface area contributed by atoms with Gasteiger partial charge in [-0.2, -0.15) is 0 Å². The van der Waals surface area contributed by atoms with Gasteiger partial charge < -0.3 is 0 Å². The monoisotopic (exact) mass is 153 g/mol. The molecule has 2 aliphatic rings. The summed E-state index contributed by atoms with van der Waals surface area (Å²) in [6.45, 7) is 0. The number of isothiocyanates is 1. The van der Waals surface area contributed by atoms with Crippen LogP contribution in [0.15, 0.2) is 18.2 Å². The molecular weight excluding hydrogens is 149 g/mol. The molecule has 0 saturated carbocycles. The number of rotatable bonds is 0. The summed E-state index contributed by atoms with van der Waals surface area (Å²) in [7, 11) is 0. The van der Waals surface area contributed by atoms with Crippen molar-refractivity contribution < 1.29 is 4.39 Å². The molecule has 0 aromatic carbocycles. The number of benzene rings is 1. The van der Waals surface area contributed by atoms with E-state index in [4.69, 9.17) is 5.41 Å². The molecule has 0 amide bonds. The van der Waals surface area contributed by atoms with Gasteiger partial charge >= 0.3 is 0 Å². The number of thiocarbonyl (C=S) groups is 1. The van der Waals surface area contributed by atoms with Crippen LogP contribution in [-0.4, -0.2) is 5.16 Å². The van der Waals surface area contributed by atoms with Crippen molar-refractivity contribution in [1.29, 1.82) is 5.41 Å². The van der Waals surface area contributed by atoms with Gasteiger partial charge in [-0.15, -0.1) is 0 Å². The Kier molecular flexibility index (Phi) is 1.90. The highest BCUT2D eigenvalue weighted by Crippen LogP contribution is 2.34. The second kappa shape index (κ2) is 2.69. The Bertz CT molecular complexity index is 290. The van der Waals surface area contributed by atoms with Crippen LogP contribution in [0.4, 0.5) is 4.39 Å². The third kappa shape index (κ3) is 0.967. The zero-order valence-corrected chi connectivity index (χ0v) is 5.83. The summed E-state index contributed by atoms with van der Waals surface area (Å²) in [6.07, 6.45) is 0. The zero-order chi connectivity index (χ0) is 7.56. The summed E-state index contributed by atoms with van der Waals surface area (Å²) in [6, 6.07) is 5.22. The lowest BCUT2D eigenvalue weighted by atomic mass is 9.93. The Morgan fingerprint density at radius 3 is 2.10 bits per heavy atom. The Morgan fingerprint density at radius 1 is 1.50 bits per heavy atom. The minimum absolute atomic E-state index is 0.0579. The van der Waals surface area contributed by atoms with Crippen LogP contribution < -0.4 is 0 Å². The summed E-state index contributed by atoms with van der Waals surface area (Å²) in [5.41, 5.74) is 1.87. The topological polar surface area (TPSA) is 23.9 Å². The van der Waals surface area contributed by atoms with Crippen molar-refractivity contribution in [3.8, 4) is 11.1 Å². The molecule has 0 aromatic heterocycles. The van der Waals surface area contributed by atoms with Gasteiger partial charge in [-0.25, -0.2) is 9.80 Å². The molecule has 50 valence electrons. The highest BCUT2D eigenvalue weighted by Gasteiger charge is 2.14. The predicted molar refractivity (Wildman–Crippen MR) is 40.7 cm³/mol. The fourth-order valence-electron chi connectivity index (χ4n) is 0.743. The number of hydrogen-bond acceptors (Lipinski definition) is 2. The van der Waals surface area contributed by atoms with Gasteiger partial charge in [-0.1, -0.05) is 12.1 Å². The second-order valence-corrected chi connectivity index (χ2v) is 2.00. The Hall–Kier alpha value is -1.05. The average Bonchev–Trinajstić information content (AvgIpc) is 1.84. The van der Waals surface area contributed by atoms with E-state index >= 15 is 0 Å². The number of halogens is 1. The first-order valence-corrected chi connectivity index (χ1v) is 3.04. The molecule has 0 unspecified atom stereocenters. The summed E-state index contributed by atoms with van der Waals surface area (Å²) < 4.78 is 12.0. The van der Waals surface area contributed by atoms with Crippen molar-refractivity contribution in [3.63, 3.8) is 0 Å². The highest BCUT2D eigenvalue weighted by atomic mass is 32.1. The molecule has 0 heterocycles. The average molecular weight is 153 g/mol. The van der Waals surface area contributed by atoms with Crippen molar-refractivity contribution >= 4 is 17.4 Å². The molecule has 0 aliphatic heterocycles. The number of nitrogens with one attached hydrogen (secondary N) is 1. The molecule has 0 bridgehead atoms. The van der Waals surface area contributed by atoms with Gasteiger partial charge in [0, 0.05) is 5.56 Å². The van der Waals surface area contributed by atoms with E-state index < -0.39 is 0 Å². The first-order valence-electron chi connectivity index (χ1n) is 2.63. The molecule has 0 fully saturated rings. The van der Waals surface area contributed by atoms with Gasteiger partial charge in [0.25, 0.3) is 0 Å². The van der Waals surface area contributed by atoms with E-state index in [2.05, 4.69) is 12.2 Å². The highest BCUT2D eigenvalue weighted by molar-refractivity contribution is 7.78. The molecule has 0 aromatic rings. The number of hydrogen-bond donors (Lipinski definition) is 1. The smallest absolute Gasteiger partial charge is 0.131 e. The van der Waals surface area contributed by atoms with Crippen LogP contribution in [0.2, 0.25) is 0 Å². The quantitative estimate of drug-likeness (QED) is 0.456. The van der Waals surface area contributed by atoms with Gasteiger partial charge in [0.15, 0.2) is 0 Å². The van der Waals surface area contributed by atoms with Gasteiger partial charge in [0.05, 0.1) is 5.16 Å². The fraction of sp³-hybridized carbons (Fsp3) is 0. The van der Waals surface area contributed by atoms with E-state index in [0.717, 1.165) is 11.1 Å². The molecule has 10 heavy (non-hydrogen) atoms. The number of fused-ring (bicyclic) bond motifs is 1. The van der Waals surface area contributed by atoms with Crippen molar-refractivity contribution in [1.82, 2.24) is 0 Å². The van der Waals surface area contributed by atoms with Crippen LogP contribution in [0.3, 0.4) is 0 Å². The molecule has 2 aliphatic carbocycles. The SMILES string of the molecule is Fc1cc2ccc1-2.N=C=S. The van der Waals surface area contributed by atoms with Crippen molar-refractivity contribution in [2.45, 2.75) is 0 Å².